The molecule has 172 valence electrons. The smallest absolute Gasteiger partial charge is 0.321 e. The standard InChI is InChI=1S/C22H24N6O5/c1-14-4-5-15(10-18(14)28(30)31)25-22(29)27-8-6-26(7-9-27)21-16-11-19(32-2)20(33-3)12-17(16)23-13-24-21/h4-5,10-13H,6-9H2,1-3H3,(H,25,29). The van der Waals surface area contributed by atoms with Gasteiger partial charge in [-0.25, -0.2) is 14.8 Å². The van der Waals surface area contributed by atoms with Crippen molar-refractivity contribution in [3.8, 4) is 11.5 Å². The molecule has 3 aromatic rings. The third kappa shape index (κ3) is 4.43. The normalized spacial score (nSPS) is 13.7. The number of nitro groups is 1. The van der Waals surface area contributed by atoms with Gasteiger partial charge in [0, 0.05) is 54.9 Å². The van der Waals surface area contributed by atoms with Crippen molar-refractivity contribution in [3.63, 3.8) is 0 Å². The summed E-state index contributed by atoms with van der Waals surface area (Å²) in [5.74, 6) is 1.94. The van der Waals surface area contributed by atoms with E-state index < -0.39 is 4.92 Å². The molecule has 33 heavy (non-hydrogen) atoms. The van der Waals surface area contributed by atoms with E-state index in [-0.39, 0.29) is 11.7 Å². The van der Waals surface area contributed by atoms with E-state index in [0.29, 0.717) is 48.9 Å². The lowest BCUT2D eigenvalue weighted by atomic mass is 10.2. The highest BCUT2D eigenvalue weighted by Gasteiger charge is 2.24. The second kappa shape index (κ2) is 9.15. The number of hydrogen-bond donors (Lipinski definition) is 1. The molecule has 1 saturated heterocycles. The topological polar surface area (TPSA) is 123 Å². The first-order valence-corrected chi connectivity index (χ1v) is 10.3. The summed E-state index contributed by atoms with van der Waals surface area (Å²) in [6.45, 7) is 3.74. The van der Waals surface area contributed by atoms with Gasteiger partial charge in [0.05, 0.1) is 24.7 Å². The molecule has 0 radical (unpaired) electrons. The Morgan fingerprint density at radius 2 is 1.76 bits per heavy atom. The van der Waals surface area contributed by atoms with E-state index in [0.717, 1.165) is 16.7 Å². The number of carbonyl (C=O) groups is 1. The quantitative estimate of drug-likeness (QED) is 0.462. The predicted octanol–water partition coefficient (Wildman–Crippen LogP) is 3.22. The maximum Gasteiger partial charge on any atom is 0.321 e. The van der Waals surface area contributed by atoms with E-state index in [2.05, 4.69) is 20.2 Å². The number of carbonyl (C=O) groups excluding carboxylic acids is 1. The maximum atomic E-state index is 12.7. The van der Waals surface area contributed by atoms with Crippen LogP contribution in [-0.4, -0.2) is 66.2 Å². The number of aromatic nitrogens is 2. The van der Waals surface area contributed by atoms with Crippen LogP contribution in [0.15, 0.2) is 36.7 Å². The number of urea groups is 1. The first kappa shape index (κ1) is 22.1. The Kier molecular flexibility index (Phi) is 6.11. The molecule has 1 aliphatic rings. The molecule has 0 saturated carbocycles. The van der Waals surface area contributed by atoms with Crippen LogP contribution in [0.25, 0.3) is 10.9 Å². The minimum Gasteiger partial charge on any atom is -0.493 e. The van der Waals surface area contributed by atoms with Crippen molar-refractivity contribution in [3.05, 3.63) is 52.3 Å². The van der Waals surface area contributed by atoms with Crippen molar-refractivity contribution in [1.29, 1.82) is 0 Å². The molecule has 2 aromatic carbocycles. The number of aryl methyl sites for hydroxylation is 1. The Hall–Kier alpha value is -4.15. The highest BCUT2D eigenvalue weighted by atomic mass is 16.6. The van der Waals surface area contributed by atoms with E-state index in [1.54, 1.807) is 38.2 Å². The first-order chi connectivity index (χ1) is 15.9. The molecule has 11 nitrogen and oxygen atoms in total. The molecule has 0 atom stereocenters. The van der Waals surface area contributed by atoms with Gasteiger partial charge in [-0.2, -0.15) is 0 Å². The molecule has 1 aliphatic heterocycles. The average molecular weight is 452 g/mol. The molecule has 1 fully saturated rings. The van der Waals surface area contributed by atoms with E-state index in [9.17, 15) is 14.9 Å². The Balaban J connectivity index is 1.47. The molecule has 2 heterocycles. The number of benzene rings is 2. The first-order valence-electron chi connectivity index (χ1n) is 10.3. The molecular weight excluding hydrogens is 428 g/mol. The number of amides is 2. The molecule has 0 bridgehead atoms. The summed E-state index contributed by atoms with van der Waals surface area (Å²) in [6, 6.07) is 8.02. The van der Waals surface area contributed by atoms with Gasteiger partial charge in [-0.1, -0.05) is 6.07 Å². The third-order valence-corrected chi connectivity index (χ3v) is 5.64. The van der Waals surface area contributed by atoms with Crippen molar-refractivity contribution in [2.75, 3.05) is 50.6 Å². The summed E-state index contributed by atoms with van der Waals surface area (Å²) >= 11 is 0. The lowest BCUT2D eigenvalue weighted by Gasteiger charge is -2.35. The zero-order chi connectivity index (χ0) is 23.5. The van der Waals surface area contributed by atoms with Crippen molar-refractivity contribution >= 4 is 34.1 Å². The summed E-state index contributed by atoms with van der Waals surface area (Å²) in [4.78, 5) is 36.0. The van der Waals surface area contributed by atoms with Crippen molar-refractivity contribution in [1.82, 2.24) is 14.9 Å². The summed E-state index contributed by atoms with van der Waals surface area (Å²) < 4.78 is 10.8. The average Bonchev–Trinajstić information content (AvgIpc) is 2.83. The highest BCUT2D eigenvalue weighted by Crippen LogP contribution is 2.35. The predicted molar refractivity (Wildman–Crippen MR) is 123 cm³/mol. The number of piperazine rings is 1. The van der Waals surface area contributed by atoms with E-state index in [1.165, 1.54) is 12.4 Å². The zero-order valence-electron chi connectivity index (χ0n) is 18.6. The molecule has 0 unspecified atom stereocenters. The lowest BCUT2D eigenvalue weighted by molar-refractivity contribution is -0.385. The number of ether oxygens (including phenoxy) is 2. The third-order valence-electron chi connectivity index (χ3n) is 5.64. The minimum absolute atomic E-state index is 0.0275. The molecule has 1 N–H and O–H groups in total. The van der Waals surface area contributed by atoms with Crippen LogP contribution in [0, 0.1) is 17.0 Å². The largest absolute Gasteiger partial charge is 0.493 e. The number of anilines is 2. The van der Waals surface area contributed by atoms with Crippen molar-refractivity contribution < 1.29 is 19.2 Å². The van der Waals surface area contributed by atoms with Gasteiger partial charge in [-0.3, -0.25) is 10.1 Å². The van der Waals surface area contributed by atoms with Gasteiger partial charge >= 0.3 is 6.03 Å². The SMILES string of the molecule is COc1cc2ncnc(N3CCN(C(=O)Nc4ccc(C)c([N+](=O)[O-])c4)CC3)c2cc1OC. The molecule has 4 rings (SSSR count). The van der Waals surface area contributed by atoms with Crippen LogP contribution in [-0.2, 0) is 0 Å². The number of methoxy groups -OCH3 is 2. The summed E-state index contributed by atoms with van der Waals surface area (Å²) in [5.41, 5.74) is 1.64. The molecule has 1 aromatic heterocycles. The van der Waals surface area contributed by atoms with Crippen LogP contribution < -0.4 is 19.7 Å². The summed E-state index contributed by atoms with van der Waals surface area (Å²) in [5, 5.41) is 14.7. The van der Waals surface area contributed by atoms with Gasteiger partial charge in [0.15, 0.2) is 11.5 Å². The second-order valence-electron chi connectivity index (χ2n) is 7.58. The van der Waals surface area contributed by atoms with Crippen molar-refractivity contribution in [2.45, 2.75) is 6.92 Å². The number of fused-ring (bicyclic) bond motifs is 1. The van der Waals surface area contributed by atoms with E-state index in [1.807, 2.05) is 12.1 Å². The Morgan fingerprint density at radius 1 is 1.06 bits per heavy atom. The monoisotopic (exact) mass is 452 g/mol. The van der Waals surface area contributed by atoms with E-state index >= 15 is 0 Å². The Morgan fingerprint density at radius 3 is 2.42 bits per heavy atom. The van der Waals surface area contributed by atoms with Gasteiger partial charge in [-0.15, -0.1) is 0 Å². The Labute approximate surface area is 190 Å². The number of rotatable bonds is 5. The number of hydrogen-bond acceptors (Lipinski definition) is 8. The van der Waals surface area contributed by atoms with Crippen LogP contribution in [0.2, 0.25) is 0 Å². The molecule has 0 spiro atoms. The summed E-state index contributed by atoms with van der Waals surface area (Å²) in [6.07, 6.45) is 1.51. The fourth-order valence-corrected chi connectivity index (χ4v) is 3.83. The Bertz CT molecular complexity index is 1210. The molecular formula is C22H24N6O5. The van der Waals surface area contributed by atoms with Gasteiger partial charge in [0.2, 0.25) is 0 Å². The van der Waals surface area contributed by atoms with Crippen LogP contribution in [0.5, 0.6) is 11.5 Å². The fourth-order valence-electron chi connectivity index (χ4n) is 3.83. The lowest BCUT2D eigenvalue weighted by Crippen LogP contribution is -2.50. The van der Waals surface area contributed by atoms with Crippen molar-refractivity contribution in [2.24, 2.45) is 0 Å². The van der Waals surface area contributed by atoms with E-state index in [4.69, 9.17) is 9.47 Å². The number of nitrogens with one attached hydrogen (secondary N) is 1. The highest BCUT2D eigenvalue weighted by molar-refractivity contribution is 5.93. The van der Waals surface area contributed by atoms with Crippen LogP contribution in [0.1, 0.15) is 5.56 Å². The fraction of sp³-hybridized carbons (Fsp3) is 0.318. The molecule has 11 heteroatoms. The van der Waals surface area contributed by atoms with Crippen LogP contribution >= 0.6 is 0 Å². The number of nitro benzene ring substituents is 1. The van der Waals surface area contributed by atoms with Gasteiger partial charge in [0.25, 0.3) is 5.69 Å². The second-order valence-corrected chi connectivity index (χ2v) is 7.58. The van der Waals surface area contributed by atoms with Crippen LogP contribution in [0.4, 0.5) is 22.0 Å². The zero-order valence-corrected chi connectivity index (χ0v) is 18.6. The summed E-state index contributed by atoms with van der Waals surface area (Å²) in [7, 11) is 3.15. The van der Waals surface area contributed by atoms with Gasteiger partial charge < -0.3 is 24.6 Å². The van der Waals surface area contributed by atoms with Gasteiger partial charge in [0.1, 0.15) is 12.1 Å². The molecule has 2 amide bonds. The van der Waals surface area contributed by atoms with Gasteiger partial charge in [-0.05, 0) is 19.1 Å². The van der Waals surface area contributed by atoms with Crippen LogP contribution in [0.3, 0.4) is 0 Å². The minimum atomic E-state index is -0.458. The molecule has 0 aliphatic carbocycles. The maximum absolute atomic E-state index is 12.7. The number of nitrogens with zero attached hydrogens (tertiary/aromatic N) is 5.